The zero-order valence-electron chi connectivity index (χ0n) is 34.0. The number of amides is 5. The maximum atomic E-state index is 15.5. The lowest BCUT2D eigenvalue weighted by Gasteiger charge is -2.36. The third-order valence-electron chi connectivity index (χ3n) is 11.1. The highest BCUT2D eigenvalue weighted by atomic mass is 16.6. The van der Waals surface area contributed by atoms with E-state index in [-0.39, 0.29) is 30.0 Å². The number of ether oxygens (including phenoxy) is 1. The SMILES string of the molecule is CC(C)(C)OC(=O)Nc1ccc(C(=O)N(C2N=C(c3ccccc3)c3cc(O)cc4c3N(C2=O)[C@H](C(N)=O)C4)[C@H]2N=C(c3ccccc3)c3cc(N)cc4c3N(CC4)C2=O)cc1. The molecule has 0 saturated heterocycles. The molecular weight excluding hydrogens is 789 g/mol. The summed E-state index contributed by atoms with van der Waals surface area (Å²) in [6, 6.07) is 29.2. The first kappa shape index (κ1) is 39.6. The number of anilines is 4. The Labute approximate surface area is 356 Å². The van der Waals surface area contributed by atoms with E-state index in [1.807, 2.05) is 42.5 Å². The number of carbonyl (C=O) groups is 5. The number of aromatic hydroxyl groups is 1. The predicted octanol–water partition coefficient (Wildman–Crippen LogP) is 5.15. The van der Waals surface area contributed by atoms with Gasteiger partial charge in [-0.15, -0.1) is 0 Å². The van der Waals surface area contributed by atoms with E-state index in [0.29, 0.717) is 62.7 Å². The van der Waals surface area contributed by atoms with E-state index in [2.05, 4.69) is 5.32 Å². The van der Waals surface area contributed by atoms with Crippen molar-refractivity contribution in [3.8, 4) is 5.75 Å². The zero-order valence-corrected chi connectivity index (χ0v) is 34.0. The molecule has 15 nitrogen and oxygen atoms in total. The fourth-order valence-electron chi connectivity index (χ4n) is 8.61. The maximum absolute atomic E-state index is 15.5. The molecule has 9 rings (SSSR count). The van der Waals surface area contributed by atoms with Gasteiger partial charge in [0.2, 0.25) is 18.2 Å². The van der Waals surface area contributed by atoms with Crippen LogP contribution in [0.25, 0.3) is 0 Å². The van der Waals surface area contributed by atoms with Crippen LogP contribution in [-0.2, 0) is 32.0 Å². The molecule has 312 valence electrons. The molecule has 0 fully saturated rings. The zero-order chi connectivity index (χ0) is 43.6. The largest absolute Gasteiger partial charge is 0.508 e. The summed E-state index contributed by atoms with van der Waals surface area (Å²) in [4.78, 5) is 86.3. The predicted molar refractivity (Wildman–Crippen MR) is 233 cm³/mol. The van der Waals surface area contributed by atoms with Crippen molar-refractivity contribution >= 4 is 63.9 Å². The Balaban J connectivity index is 1.28. The van der Waals surface area contributed by atoms with Gasteiger partial charge in [0.05, 0.1) is 22.8 Å². The van der Waals surface area contributed by atoms with Gasteiger partial charge < -0.3 is 26.2 Å². The summed E-state index contributed by atoms with van der Waals surface area (Å²) >= 11 is 0. The standard InChI is InChI=1S/C47H42N8O7/c1-47(2,3)62-46(61)50-31-16-14-27(15-17-31)43(58)55(41-44(59)53-19-18-28-20-30(48)23-33(38(28)53)36(51-41)25-10-6-4-7-11-25)42-45(60)54-35(40(49)57)22-29-21-32(56)24-34(39(29)54)37(52-42)26-12-8-5-9-13-26/h4-17,20-21,23-24,35,41-42,56H,18-19,22,48H2,1-3H3,(H2,49,57)(H,50,61)/t35-,41+,42?/m0/s1. The van der Waals surface area contributed by atoms with Crippen LogP contribution in [0.1, 0.15) is 64.5 Å². The molecule has 1 unspecified atom stereocenters. The third-order valence-corrected chi connectivity index (χ3v) is 11.1. The van der Waals surface area contributed by atoms with Crippen LogP contribution in [0.2, 0.25) is 0 Å². The number of phenols is 1. The number of nitrogens with one attached hydrogen (secondary N) is 1. The van der Waals surface area contributed by atoms with Crippen molar-refractivity contribution in [3.63, 3.8) is 0 Å². The third kappa shape index (κ3) is 6.96. The molecule has 4 aliphatic heterocycles. The first-order valence-electron chi connectivity index (χ1n) is 20.1. The van der Waals surface area contributed by atoms with Gasteiger partial charge in [0.15, 0.2) is 0 Å². The van der Waals surface area contributed by atoms with E-state index < -0.39 is 53.7 Å². The molecule has 0 bridgehead atoms. The first-order valence-corrected chi connectivity index (χ1v) is 20.1. The second kappa shape index (κ2) is 15.0. The highest BCUT2D eigenvalue weighted by Gasteiger charge is 2.51. The number of phenolic OH excluding ortho intramolecular Hbond substituents is 1. The Kier molecular flexibility index (Phi) is 9.61. The Morgan fingerprint density at radius 3 is 1.98 bits per heavy atom. The number of primary amides is 1. The van der Waals surface area contributed by atoms with Crippen LogP contribution in [0, 0.1) is 0 Å². The van der Waals surface area contributed by atoms with Gasteiger partial charge in [0.1, 0.15) is 17.4 Å². The highest BCUT2D eigenvalue weighted by Crippen LogP contribution is 2.44. The van der Waals surface area contributed by atoms with Crippen molar-refractivity contribution in [2.75, 3.05) is 27.4 Å². The van der Waals surface area contributed by atoms with Gasteiger partial charge in [0, 0.05) is 52.2 Å². The molecule has 6 N–H and O–H groups in total. The molecule has 0 spiro atoms. The molecule has 3 atom stereocenters. The lowest BCUT2D eigenvalue weighted by Crippen LogP contribution is -2.59. The fraction of sp³-hybridized carbons (Fsp3) is 0.213. The average molecular weight is 831 g/mol. The molecule has 62 heavy (non-hydrogen) atoms. The van der Waals surface area contributed by atoms with Crippen LogP contribution in [0.5, 0.6) is 5.75 Å². The second-order valence-electron chi connectivity index (χ2n) is 16.5. The van der Waals surface area contributed by atoms with E-state index in [1.165, 1.54) is 41.3 Å². The van der Waals surface area contributed by atoms with E-state index in [4.69, 9.17) is 26.2 Å². The fourth-order valence-corrected chi connectivity index (χ4v) is 8.61. The minimum absolute atomic E-state index is 0.0153. The monoisotopic (exact) mass is 830 g/mol. The Bertz CT molecular complexity index is 2770. The van der Waals surface area contributed by atoms with Crippen LogP contribution in [0.3, 0.4) is 0 Å². The van der Waals surface area contributed by atoms with Crippen LogP contribution in [0.15, 0.2) is 119 Å². The highest BCUT2D eigenvalue weighted by molar-refractivity contribution is 6.24. The summed E-state index contributed by atoms with van der Waals surface area (Å²) < 4.78 is 5.40. The van der Waals surface area contributed by atoms with Gasteiger partial charge in [-0.25, -0.2) is 14.8 Å². The second-order valence-corrected chi connectivity index (χ2v) is 16.5. The summed E-state index contributed by atoms with van der Waals surface area (Å²) in [6.45, 7) is 5.44. The quantitative estimate of drug-likeness (QED) is 0.161. The topological polar surface area (TPSA) is 213 Å². The van der Waals surface area contributed by atoms with E-state index in [1.54, 1.807) is 56.0 Å². The molecule has 4 heterocycles. The first-order chi connectivity index (χ1) is 29.7. The van der Waals surface area contributed by atoms with Crippen molar-refractivity contribution in [3.05, 3.63) is 148 Å². The number of aliphatic imine (C=N–C) groups is 2. The molecule has 5 amide bonds. The summed E-state index contributed by atoms with van der Waals surface area (Å²) in [7, 11) is 0. The molecule has 0 aliphatic carbocycles. The summed E-state index contributed by atoms with van der Waals surface area (Å²) in [5.41, 5.74) is 17.3. The van der Waals surface area contributed by atoms with Crippen LogP contribution in [0.4, 0.5) is 27.5 Å². The minimum atomic E-state index is -1.83. The number of nitrogens with zero attached hydrogens (tertiary/aromatic N) is 5. The molecular formula is C47H42N8O7. The molecule has 15 heteroatoms. The molecule has 4 aliphatic rings. The van der Waals surface area contributed by atoms with Gasteiger partial charge >= 0.3 is 6.09 Å². The average Bonchev–Trinajstić information content (AvgIpc) is 3.78. The lowest BCUT2D eigenvalue weighted by atomic mass is 9.97. The van der Waals surface area contributed by atoms with Crippen LogP contribution < -0.4 is 26.6 Å². The van der Waals surface area contributed by atoms with Crippen molar-refractivity contribution in [1.82, 2.24) is 4.90 Å². The number of carbonyl (C=O) groups excluding carboxylic acids is 5. The number of nitrogens with two attached hydrogens (primary N) is 2. The summed E-state index contributed by atoms with van der Waals surface area (Å²) in [6.07, 6.45) is -3.79. The number of rotatable bonds is 7. The van der Waals surface area contributed by atoms with Crippen LogP contribution in [-0.4, -0.2) is 81.7 Å². The molecule has 0 radical (unpaired) electrons. The van der Waals surface area contributed by atoms with Gasteiger partial charge in [-0.05, 0) is 86.8 Å². The van der Waals surface area contributed by atoms with Crippen molar-refractivity contribution in [2.24, 2.45) is 15.7 Å². The molecule has 5 aromatic carbocycles. The number of benzene rings is 5. The van der Waals surface area contributed by atoms with E-state index >= 15 is 14.4 Å². The Morgan fingerprint density at radius 2 is 1.39 bits per heavy atom. The molecule has 0 saturated carbocycles. The lowest BCUT2D eigenvalue weighted by molar-refractivity contribution is -0.129. The van der Waals surface area contributed by atoms with Crippen LogP contribution >= 0.6 is 0 Å². The molecule has 0 aromatic heterocycles. The maximum Gasteiger partial charge on any atom is 0.412 e. The summed E-state index contributed by atoms with van der Waals surface area (Å²) in [5, 5.41) is 13.7. The minimum Gasteiger partial charge on any atom is -0.508 e. The van der Waals surface area contributed by atoms with Gasteiger partial charge in [0.25, 0.3) is 17.7 Å². The van der Waals surface area contributed by atoms with E-state index in [9.17, 15) is 14.7 Å². The number of hydrogen-bond acceptors (Lipinski definition) is 10. The smallest absolute Gasteiger partial charge is 0.412 e. The van der Waals surface area contributed by atoms with Crippen molar-refractivity contribution < 1.29 is 33.8 Å². The van der Waals surface area contributed by atoms with Crippen molar-refractivity contribution in [2.45, 2.75) is 57.6 Å². The summed E-state index contributed by atoms with van der Waals surface area (Å²) in [5.74, 6) is -3.19. The van der Waals surface area contributed by atoms with Gasteiger partial charge in [-0.1, -0.05) is 60.7 Å². The molecule has 5 aromatic rings. The number of nitrogen functional groups attached to an aromatic ring is 1. The van der Waals surface area contributed by atoms with Gasteiger partial charge in [-0.2, -0.15) is 0 Å². The van der Waals surface area contributed by atoms with E-state index in [0.717, 1.165) is 10.5 Å². The Hall–Kier alpha value is -7.81. The number of hydrogen-bond donors (Lipinski definition) is 4. The van der Waals surface area contributed by atoms with Crippen molar-refractivity contribution in [1.29, 1.82) is 0 Å². The van der Waals surface area contributed by atoms with Gasteiger partial charge in [-0.3, -0.25) is 34.3 Å². The Morgan fingerprint density at radius 1 is 0.790 bits per heavy atom. The normalized spacial score (nSPS) is 18.8.